The Bertz CT molecular complexity index is 689. The van der Waals surface area contributed by atoms with Gasteiger partial charge in [-0.25, -0.2) is 14.2 Å². The first-order chi connectivity index (χ1) is 11.6. The number of hydrogen-bond acceptors (Lipinski definition) is 4. The van der Waals surface area contributed by atoms with Crippen molar-refractivity contribution in [1.29, 1.82) is 0 Å². The van der Waals surface area contributed by atoms with E-state index in [1.165, 1.54) is 17.4 Å². The molecule has 1 saturated carbocycles. The largest absolute Gasteiger partial charge is 0.490 e. The van der Waals surface area contributed by atoms with E-state index in [0.29, 0.717) is 24.6 Å². The van der Waals surface area contributed by atoms with E-state index in [-0.39, 0.29) is 17.8 Å². The van der Waals surface area contributed by atoms with Gasteiger partial charge in [0.05, 0.1) is 30.4 Å². The molecule has 0 radical (unpaired) electrons. The van der Waals surface area contributed by atoms with Crippen molar-refractivity contribution in [1.82, 2.24) is 15.6 Å². The molecule has 0 unspecified atom stereocenters. The van der Waals surface area contributed by atoms with E-state index in [1.54, 1.807) is 17.6 Å². The van der Waals surface area contributed by atoms with Crippen LogP contribution in [0, 0.1) is 11.7 Å². The van der Waals surface area contributed by atoms with Crippen molar-refractivity contribution in [2.24, 2.45) is 5.92 Å². The van der Waals surface area contributed by atoms with Crippen molar-refractivity contribution in [3.8, 4) is 5.75 Å². The smallest absolute Gasteiger partial charge is 0.315 e. The fraction of sp³-hybridized carbons (Fsp3) is 0.412. The summed E-state index contributed by atoms with van der Waals surface area (Å²) in [6.45, 7) is 2.75. The Labute approximate surface area is 144 Å². The number of thiazole rings is 1. The summed E-state index contributed by atoms with van der Waals surface area (Å²) in [5.74, 6) is 0.446. The maximum Gasteiger partial charge on any atom is 0.315 e. The van der Waals surface area contributed by atoms with E-state index in [1.807, 2.05) is 12.3 Å². The summed E-state index contributed by atoms with van der Waals surface area (Å²) in [5.41, 5.74) is 3.22. The standard InChI is InChI=1S/C17H20FN3O2S/c1-11(21-17(22)19-7-14-9-24-10-20-14)13-4-5-16(15(18)6-13)23-8-12-2-3-12/h4-6,9-12H,2-3,7-8H2,1H3,(H2,19,21,22)/t11-/m0/s1. The number of aromatic nitrogens is 1. The van der Waals surface area contributed by atoms with E-state index >= 15 is 0 Å². The number of nitrogens with zero attached hydrogens (tertiary/aromatic N) is 1. The fourth-order valence-corrected chi connectivity index (χ4v) is 2.78. The molecule has 0 aliphatic heterocycles. The van der Waals surface area contributed by atoms with Crippen LogP contribution in [-0.2, 0) is 6.54 Å². The number of benzene rings is 1. The molecular formula is C17H20FN3O2S. The summed E-state index contributed by atoms with van der Waals surface area (Å²) in [6, 6.07) is 4.18. The van der Waals surface area contributed by atoms with Crippen molar-refractivity contribution in [3.63, 3.8) is 0 Å². The third-order valence-corrected chi connectivity index (χ3v) is 4.52. The molecule has 1 aromatic heterocycles. The van der Waals surface area contributed by atoms with Crippen molar-refractivity contribution in [3.05, 3.63) is 46.2 Å². The summed E-state index contributed by atoms with van der Waals surface area (Å²) in [5, 5.41) is 7.39. The number of carbonyl (C=O) groups is 1. The molecule has 24 heavy (non-hydrogen) atoms. The van der Waals surface area contributed by atoms with Crippen LogP contribution in [0.1, 0.15) is 37.1 Å². The summed E-state index contributed by atoms with van der Waals surface area (Å²) in [7, 11) is 0. The van der Waals surface area contributed by atoms with Gasteiger partial charge in [0.25, 0.3) is 0 Å². The molecule has 5 nitrogen and oxygen atoms in total. The number of rotatable bonds is 7. The third kappa shape index (κ3) is 4.67. The molecule has 0 saturated heterocycles. The summed E-state index contributed by atoms with van der Waals surface area (Å²) >= 11 is 1.48. The van der Waals surface area contributed by atoms with Gasteiger partial charge in [-0.15, -0.1) is 11.3 Å². The molecule has 1 heterocycles. The highest BCUT2D eigenvalue weighted by molar-refractivity contribution is 7.07. The SMILES string of the molecule is C[C@H](NC(=O)NCc1cscn1)c1ccc(OCC2CC2)c(F)c1. The molecular weight excluding hydrogens is 329 g/mol. The molecule has 1 aliphatic rings. The van der Waals surface area contributed by atoms with E-state index < -0.39 is 5.82 Å². The maximum absolute atomic E-state index is 14.1. The Kier molecular flexibility index (Phi) is 5.30. The highest BCUT2D eigenvalue weighted by atomic mass is 32.1. The van der Waals surface area contributed by atoms with Crippen LogP contribution < -0.4 is 15.4 Å². The first-order valence-electron chi connectivity index (χ1n) is 7.95. The first-order valence-corrected chi connectivity index (χ1v) is 8.90. The quantitative estimate of drug-likeness (QED) is 0.802. The van der Waals surface area contributed by atoms with Crippen LogP contribution in [0.15, 0.2) is 29.1 Å². The summed E-state index contributed by atoms with van der Waals surface area (Å²) < 4.78 is 19.6. The monoisotopic (exact) mass is 349 g/mol. The Balaban J connectivity index is 1.50. The zero-order chi connectivity index (χ0) is 16.9. The van der Waals surface area contributed by atoms with E-state index in [9.17, 15) is 9.18 Å². The van der Waals surface area contributed by atoms with Crippen LogP contribution in [-0.4, -0.2) is 17.6 Å². The second-order valence-corrected chi connectivity index (χ2v) is 6.69. The van der Waals surface area contributed by atoms with Crippen molar-refractivity contribution >= 4 is 17.4 Å². The Morgan fingerprint density at radius 2 is 2.33 bits per heavy atom. The maximum atomic E-state index is 14.1. The lowest BCUT2D eigenvalue weighted by molar-refractivity contribution is 0.237. The van der Waals surface area contributed by atoms with Crippen molar-refractivity contribution in [2.75, 3.05) is 6.61 Å². The number of nitrogens with one attached hydrogen (secondary N) is 2. The zero-order valence-corrected chi connectivity index (χ0v) is 14.2. The number of halogens is 1. The molecule has 2 amide bonds. The Morgan fingerprint density at radius 3 is 3.00 bits per heavy atom. The van der Waals surface area contributed by atoms with E-state index in [2.05, 4.69) is 15.6 Å². The lowest BCUT2D eigenvalue weighted by Crippen LogP contribution is -2.36. The van der Waals surface area contributed by atoms with E-state index in [4.69, 9.17) is 4.74 Å². The minimum absolute atomic E-state index is 0.269. The molecule has 1 aromatic carbocycles. The molecule has 1 fully saturated rings. The number of amides is 2. The average Bonchev–Trinajstić information content (AvgIpc) is 3.24. The van der Waals surface area contributed by atoms with Crippen LogP contribution in [0.2, 0.25) is 0 Å². The first kappa shape index (κ1) is 16.7. The van der Waals surface area contributed by atoms with Gasteiger partial charge in [0.2, 0.25) is 0 Å². The normalized spacial score (nSPS) is 14.9. The average molecular weight is 349 g/mol. The summed E-state index contributed by atoms with van der Waals surface area (Å²) in [4.78, 5) is 16.0. The van der Waals surface area contributed by atoms with Crippen LogP contribution in [0.5, 0.6) is 5.75 Å². The lowest BCUT2D eigenvalue weighted by atomic mass is 10.1. The third-order valence-electron chi connectivity index (χ3n) is 3.89. The van der Waals surface area contributed by atoms with Crippen LogP contribution in [0.25, 0.3) is 0 Å². The minimum atomic E-state index is -0.398. The molecule has 128 valence electrons. The molecule has 7 heteroatoms. The molecule has 1 atom stereocenters. The van der Waals surface area contributed by atoms with Gasteiger partial charge in [0.15, 0.2) is 11.6 Å². The molecule has 2 N–H and O–H groups in total. The fourth-order valence-electron chi connectivity index (χ4n) is 2.22. The predicted octanol–water partition coefficient (Wildman–Crippen LogP) is 3.63. The van der Waals surface area contributed by atoms with Crippen LogP contribution >= 0.6 is 11.3 Å². The Hall–Kier alpha value is -2.15. The number of hydrogen-bond donors (Lipinski definition) is 2. The zero-order valence-electron chi connectivity index (χ0n) is 13.4. The van der Waals surface area contributed by atoms with Gasteiger partial charge in [-0.3, -0.25) is 0 Å². The van der Waals surface area contributed by atoms with Gasteiger partial charge in [-0.2, -0.15) is 0 Å². The highest BCUT2D eigenvalue weighted by Gasteiger charge is 2.22. The van der Waals surface area contributed by atoms with Gasteiger partial charge >= 0.3 is 6.03 Å². The minimum Gasteiger partial charge on any atom is -0.490 e. The van der Waals surface area contributed by atoms with Crippen molar-refractivity contribution < 1.29 is 13.9 Å². The van der Waals surface area contributed by atoms with Gasteiger partial charge in [-0.1, -0.05) is 6.07 Å². The second kappa shape index (κ2) is 7.61. The second-order valence-electron chi connectivity index (χ2n) is 5.97. The predicted molar refractivity (Wildman–Crippen MR) is 90.5 cm³/mol. The molecule has 2 aromatic rings. The molecule has 3 rings (SSSR count). The van der Waals surface area contributed by atoms with Gasteiger partial charge in [0, 0.05) is 5.38 Å². The topological polar surface area (TPSA) is 63.2 Å². The highest BCUT2D eigenvalue weighted by Crippen LogP contribution is 2.30. The molecule has 0 bridgehead atoms. The van der Waals surface area contributed by atoms with Gasteiger partial charge < -0.3 is 15.4 Å². The Morgan fingerprint density at radius 1 is 1.50 bits per heavy atom. The lowest BCUT2D eigenvalue weighted by Gasteiger charge is -2.16. The molecule has 1 aliphatic carbocycles. The number of carbonyl (C=O) groups excluding carboxylic acids is 1. The van der Waals surface area contributed by atoms with E-state index in [0.717, 1.165) is 18.5 Å². The number of urea groups is 1. The number of ether oxygens (including phenoxy) is 1. The van der Waals surface area contributed by atoms with Gasteiger partial charge in [0.1, 0.15) is 0 Å². The van der Waals surface area contributed by atoms with Crippen molar-refractivity contribution in [2.45, 2.75) is 32.4 Å². The van der Waals surface area contributed by atoms with Gasteiger partial charge in [-0.05, 0) is 43.4 Å². The van der Waals surface area contributed by atoms with Crippen LogP contribution in [0.3, 0.4) is 0 Å². The summed E-state index contributed by atoms with van der Waals surface area (Å²) in [6.07, 6.45) is 2.33. The van der Waals surface area contributed by atoms with Crippen LogP contribution in [0.4, 0.5) is 9.18 Å². The molecule has 0 spiro atoms.